The van der Waals surface area contributed by atoms with E-state index in [4.69, 9.17) is 4.42 Å². The van der Waals surface area contributed by atoms with Crippen LogP contribution in [-0.4, -0.2) is 0 Å². The van der Waals surface area contributed by atoms with E-state index in [1.807, 2.05) is 18.2 Å². The van der Waals surface area contributed by atoms with Gasteiger partial charge in [0.25, 0.3) is 0 Å². The molecule has 1 aromatic heterocycles. The molecule has 0 bridgehead atoms. The molecule has 2 nitrogen and oxygen atoms in total. The maximum Gasteiger partial charge on any atom is 0.137 e. The molecule has 0 fully saturated rings. The van der Waals surface area contributed by atoms with Crippen LogP contribution in [0.5, 0.6) is 0 Å². The molecular formula is C34H23NO. The van der Waals surface area contributed by atoms with E-state index in [2.05, 4.69) is 126 Å². The molecule has 0 spiro atoms. The van der Waals surface area contributed by atoms with Crippen LogP contribution in [0.25, 0.3) is 43.8 Å². The summed E-state index contributed by atoms with van der Waals surface area (Å²) >= 11 is 0. The van der Waals surface area contributed by atoms with E-state index >= 15 is 0 Å². The summed E-state index contributed by atoms with van der Waals surface area (Å²) in [6, 6.07) is 49.1. The van der Waals surface area contributed by atoms with Crippen molar-refractivity contribution in [2.24, 2.45) is 0 Å². The Labute approximate surface area is 209 Å². The van der Waals surface area contributed by atoms with Crippen LogP contribution in [0.3, 0.4) is 0 Å². The molecule has 0 saturated heterocycles. The lowest BCUT2D eigenvalue weighted by atomic mass is 10.0. The average molecular weight is 462 g/mol. The first-order valence-electron chi connectivity index (χ1n) is 12.2. The van der Waals surface area contributed by atoms with Gasteiger partial charge >= 0.3 is 0 Å². The predicted octanol–water partition coefficient (Wildman–Crippen LogP) is 9.88. The number of fused-ring (bicyclic) bond motifs is 4. The molecule has 0 saturated carbocycles. The number of rotatable bonds is 4. The molecule has 0 radical (unpaired) electrons. The lowest BCUT2D eigenvalue weighted by Crippen LogP contribution is -2.09. The van der Waals surface area contributed by atoms with Crippen molar-refractivity contribution in [3.05, 3.63) is 140 Å². The van der Waals surface area contributed by atoms with Gasteiger partial charge in [0.05, 0.1) is 0 Å². The number of benzene rings is 6. The molecule has 7 aromatic rings. The second-order valence-electron chi connectivity index (χ2n) is 9.06. The topological polar surface area (TPSA) is 16.4 Å². The van der Waals surface area contributed by atoms with Crippen LogP contribution in [0.15, 0.2) is 144 Å². The Morgan fingerprint density at radius 1 is 0.389 bits per heavy atom. The monoisotopic (exact) mass is 461 g/mol. The third-order valence-corrected chi connectivity index (χ3v) is 6.84. The van der Waals surface area contributed by atoms with E-state index < -0.39 is 0 Å². The van der Waals surface area contributed by atoms with Crippen molar-refractivity contribution in [3.63, 3.8) is 0 Å². The standard InChI is InChI=1S/C34H23NO/c1-2-10-28(11-3-1)35(30-20-21-32-31-12-6-7-13-33(31)36-34(32)23-30)29-18-16-25(17-19-29)27-15-14-24-8-4-5-9-26(24)22-27/h1-23H. The summed E-state index contributed by atoms with van der Waals surface area (Å²) in [5.74, 6) is 0. The fourth-order valence-corrected chi connectivity index (χ4v) is 5.05. The maximum absolute atomic E-state index is 6.20. The van der Waals surface area contributed by atoms with Gasteiger partial charge in [0.2, 0.25) is 0 Å². The zero-order valence-corrected chi connectivity index (χ0v) is 19.6. The second-order valence-corrected chi connectivity index (χ2v) is 9.06. The molecule has 0 N–H and O–H groups in total. The number of anilines is 3. The van der Waals surface area contributed by atoms with Gasteiger partial charge in [0, 0.05) is 33.9 Å². The molecule has 0 amide bonds. The lowest BCUT2D eigenvalue weighted by Gasteiger charge is -2.25. The van der Waals surface area contributed by atoms with E-state index in [1.54, 1.807) is 0 Å². The van der Waals surface area contributed by atoms with Crippen molar-refractivity contribution < 1.29 is 4.42 Å². The highest BCUT2D eigenvalue weighted by Gasteiger charge is 2.15. The van der Waals surface area contributed by atoms with Crippen molar-refractivity contribution >= 4 is 49.8 Å². The van der Waals surface area contributed by atoms with E-state index in [9.17, 15) is 0 Å². The van der Waals surface area contributed by atoms with Gasteiger partial charge in [0.15, 0.2) is 0 Å². The minimum absolute atomic E-state index is 0.891. The van der Waals surface area contributed by atoms with Crippen molar-refractivity contribution in [3.8, 4) is 11.1 Å². The highest BCUT2D eigenvalue weighted by molar-refractivity contribution is 6.06. The molecule has 0 unspecified atom stereocenters. The fraction of sp³-hybridized carbons (Fsp3) is 0. The van der Waals surface area contributed by atoms with E-state index in [-0.39, 0.29) is 0 Å². The number of para-hydroxylation sites is 2. The van der Waals surface area contributed by atoms with E-state index in [0.717, 1.165) is 39.0 Å². The number of hydrogen-bond acceptors (Lipinski definition) is 2. The Bertz CT molecular complexity index is 1830. The zero-order valence-electron chi connectivity index (χ0n) is 19.6. The van der Waals surface area contributed by atoms with Crippen LogP contribution in [-0.2, 0) is 0 Å². The summed E-state index contributed by atoms with van der Waals surface area (Å²) in [5.41, 5.74) is 7.48. The Kier molecular flexibility index (Phi) is 4.82. The van der Waals surface area contributed by atoms with E-state index in [1.165, 1.54) is 21.9 Å². The summed E-state index contributed by atoms with van der Waals surface area (Å²) in [7, 11) is 0. The largest absolute Gasteiger partial charge is 0.456 e. The van der Waals surface area contributed by atoms with Gasteiger partial charge in [-0.15, -0.1) is 0 Å². The summed E-state index contributed by atoms with van der Waals surface area (Å²) in [6.07, 6.45) is 0. The van der Waals surface area contributed by atoms with Crippen LogP contribution in [0.2, 0.25) is 0 Å². The Morgan fingerprint density at radius 3 is 1.89 bits per heavy atom. The van der Waals surface area contributed by atoms with Crippen LogP contribution >= 0.6 is 0 Å². The van der Waals surface area contributed by atoms with Gasteiger partial charge in [-0.2, -0.15) is 0 Å². The third-order valence-electron chi connectivity index (χ3n) is 6.84. The summed E-state index contributed by atoms with van der Waals surface area (Å²) in [4.78, 5) is 2.27. The maximum atomic E-state index is 6.20. The van der Waals surface area contributed by atoms with Gasteiger partial charge in [-0.3, -0.25) is 0 Å². The summed E-state index contributed by atoms with van der Waals surface area (Å²) < 4.78 is 6.20. The molecule has 0 aliphatic carbocycles. The van der Waals surface area contributed by atoms with Crippen LogP contribution < -0.4 is 4.90 Å². The zero-order chi connectivity index (χ0) is 23.9. The minimum atomic E-state index is 0.891. The SMILES string of the molecule is c1ccc(N(c2ccc(-c3ccc4ccccc4c3)cc2)c2ccc3c(c2)oc2ccccc23)cc1. The van der Waals surface area contributed by atoms with Crippen LogP contribution in [0.1, 0.15) is 0 Å². The molecule has 0 aliphatic rings. The minimum Gasteiger partial charge on any atom is -0.456 e. The molecule has 36 heavy (non-hydrogen) atoms. The lowest BCUT2D eigenvalue weighted by molar-refractivity contribution is 0.669. The Morgan fingerprint density at radius 2 is 1.03 bits per heavy atom. The molecule has 6 aromatic carbocycles. The normalized spacial score (nSPS) is 11.3. The summed E-state index contributed by atoms with van der Waals surface area (Å²) in [5, 5.41) is 4.79. The second kappa shape index (κ2) is 8.44. The molecular weight excluding hydrogens is 438 g/mol. The highest BCUT2D eigenvalue weighted by atomic mass is 16.3. The molecule has 7 rings (SSSR count). The first kappa shape index (κ1) is 20.5. The van der Waals surface area contributed by atoms with Crippen molar-refractivity contribution in [1.82, 2.24) is 0 Å². The first-order chi connectivity index (χ1) is 17.8. The highest BCUT2D eigenvalue weighted by Crippen LogP contribution is 2.39. The molecule has 1 heterocycles. The quantitative estimate of drug-likeness (QED) is 0.259. The Balaban J connectivity index is 1.32. The molecule has 0 aliphatic heterocycles. The predicted molar refractivity (Wildman–Crippen MR) is 151 cm³/mol. The number of furan rings is 1. The molecule has 2 heteroatoms. The first-order valence-corrected chi connectivity index (χ1v) is 12.2. The molecule has 0 atom stereocenters. The van der Waals surface area contributed by atoms with Crippen molar-refractivity contribution in [2.75, 3.05) is 4.90 Å². The van der Waals surface area contributed by atoms with Crippen LogP contribution in [0, 0.1) is 0 Å². The summed E-state index contributed by atoms with van der Waals surface area (Å²) in [6.45, 7) is 0. The smallest absolute Gasteiger partial charge is 0.137 e. The number of hydrogen-bond donors (Lipinski definition) is 0. The molecule has 170 valence electrons. The van der Waals surface area contributed by atoms with E-state index in [0.29, 0.717) is 0 Å². The van der Waals surface area contributed by atoms with Gasteiger partial charge in [-0.05, 0) is 70.4 Å². The fourth-order valence-electron chi connectivity index (χ4n) is 5.05. The van der Waals surface area contributed by atoms with Crippen molar-refractivity contribution in [1.29, 1.82) is 0 Å². The van der Waals surface area contributed by atoms with Crippen LogP contribution in [0.4, 0.5) is 17.1 Å². The van der Waals surface area contributed by atoms with Gasteiger partial charge in [0.1, 0.15) is 11.2 Å². The van der Waals surface area contributed by atoms with Crippen molar-refractivity contribution in [2.45, 2.75) is 0 Å². The third kappa shape index (κ3) is 3.52. The van der Waals surface area contributed by atoms with Gasteiger partial charge in [-0.1, -0.05) is 84.9 Å². The average Bonchev–Trinajstić information content (AvgIpc) is 3.32. The van der Waals surface area contributed by atoms with Gasteiger partial charge < -0.3 is 9.32 Å². The number of nitrogens with zero attached hydrogens (tertiary/aromatic N) is 1. The van der Waals surface area contributed by atoms with Gasteiger partial charge in [-0.25, -0.2) is 0 Å². The Hall–Kier alpha value is -4.82.